The Bertz CT molecular complexity index is 508. The second-order valence-electron chi connectivity index (χ2n) is 6.11. The Morgan fingerprint density at radius 3 is 1.20 bits per heavy atom. The van der Waals surface area contributed by atoms with Crippen LogP contribution in [-0.4, -0.2) is 45.2 Å². The molecule has 0 aromatic heterocycles. The van der Waals surface area contributed by atoms with Gasteiger partial charge < -0.3 is 33.9 Å². The molecule has 0 saturated heterocycles. The van der Waals surface area contributed by atoms with E-state index in [1.54, 1.807) is 0 Å². The number of allylic oxidation sites excluding steroid dienone is 8. The first kappa shape index (κ1) is 36.7. The maximum Gasteiger partial charge on any atom is 4.00 e. The summed E-state index contributed by atoms with van der Waals surface area (Å²) in [6.07, 6.45) is 24.4. The van der Waals surface area contributed by atoms with Crippen LogP contribution in [-0.2, 0) is 21.7 Å². The SMILES string of the molecule is C=CCN(CC=C)[SiH]N(CC=C)CC=C.CC1=[C-]CC=C1.CC1=[C-]CC=C1.[Cl-].[Cl-].[Ti+4]. The predicted molar refractivity (Wildman–Crippen MR) is 123 cm³/mol. The fraction of sp³-hybridized carbons (Fsp3) is 0.333. The van der Waals surface area contributed by atoms with Crippen LogP contribution in [0.1, 0.15) is 26.7 Å². The van der Waals surface area contributed by atoms with Gasteiger partial charge in [-0.3, -0.25) is 12.2 Å². The Morgan fingerprint density at radius 2 is 1.07 bits per heavy atom. The summed E-state index contributed by atoms with van der Waals surface area (Å²) in [6.45, 7) is 22.8. The monoisotopic (exact) mass is 497 g/mol. The molecule has 0 aliphatic heterocycles. The molecule has 2 rings (SSSR count). The standard InChI is InChI=1S/C12H21N2Si.2C6H7.2ClH.Ti/c1-5-9-13(10-6-2)15-14(11-7-3)12-8-4;2*1-6-4-2-3-5-6;;;/h5-8,15H,1-4,9-12H2;2*2,4H,3H2,1H3;2*1H;/q;2*-1;;;+4/p-2. The summed E-state index contributed by atoms with van der Waals surface area (Å²) >= 11 is 0. The Balaban J connectivity index is -0.000000186. The van der Waals surface area contributed by atoms with Crippen molar-refractivity contribution in [1.82, 2.24) is 9.13 Å². The molecule has 0 unspecified atom stereocenters. The first-order chi connectivity index (χ1) is 13.1. The maximum atomic E-state index is 3.76. The molecule has 6 heteroatoms. The number of nitrogens with zero attached hydrogens (tertiary/aromatic N) is 2. The van der Waals surface area contributed by atoms with E-state index in [9.17, 15) is 0 Å². The van der Waals surface area contributed by atoms with Gasteiger partial charge in [-0.15, -0.1) is 39.2 Å². The van der Waals surface area contributed by atoms with Gasteiger partial charge in [0.1, 0.15) is 0 Å². The van der Waals surface area contributed by atoms with Gasteiger partial charge in [-0.05, 0) is 0 Å². The van der Waals surface area contributed by atoms with Crippen molar-refractivity contribution in [2.45, 2.75) is 26.7 Å². The van der Waals surface area contributed by atoms with E-state index in [1.807, 2.05) is 24.3 Å². The van der Waals surface area contributed by atoms with Crippen LogP contribution in [0.2, 0.25) is 0 Å². The van der Waals surface area contributed by atoms with E-state index in [-0.39, 0.29) is 56.4 Å². The normalized spacial score (nSPS) is 12.5. The predicted octanol–water partition coefficient (Wildman–Crippen LogP) is -1.00. The van der Waals surface area contributed by atoms with Gasteiger partial charge in [0.2, 0.25) is 9.84 Å². The zero-order valence-corrected chi connectivity index (χ0v) is 22.6. The molecule has 0 atom stereocenters. The van der Waals surface area contributed by atoms with Gasteiger partial charge in [-0.25, -0.2) is 23.3 Å². The van der Waals surface area contributed by atoms with Crippen molar-refractivity contribution in [3.8, 4) is 0 Å². The van der Waals surface area contributed by atoms with Crippen molar-refractivity contribution in [2.75, 3.05) is 26.2 Å². The van der Waals surface area contributed by atoms with Crippen LogP contribution in [0.15, 0.2) is 86.1 Å². The van der Waals surface area contributed by atoms with E-state index >= 15 is 0 Å². The van der Waals surface area contributed by atoms with Crippen LogP contribution in [0.5, 0.6) is 0 Å². The van der Waals surface area contributed by atoms with Gasteiger partial charge in [0.25, 0.3) is 0 Å². The molecular weight excluding hydrogens is 463 g/mol. The molecule has 1 radical (unpaired) electrons. The zero-order valence-electron chi connectivity index (χ0n) is 18.4. The van der Waals surface area contributed by atoms with Crippen molar-refractivity contribution in [1.29, 1.82) is 0 Å². The topological polar surface area (TPSA) is 6.48 Å². The minimum Gasteiger partial charge on any atom is -1.00 e. The smallest absolute Gasteiger partial charge is 1.00 e. The number of rotatable bonds is 10. The third-order valence-corrected chi connectivity index (χ3v) is 5.01. The first-order valence-electron chi connectivity index (χ1n) is 9.31. The molecule has 2 aliphatic carbocycles. The van der Waals surface area contributed by atoms with Gasteiger partial charge in [0.05, 0.1) is 0 Å². The van der Waals surface area contributed by atoms with Gasteiger partial charge in [0, 0.05) is 26.2 Å². The maximum absolute atomic E-state index is 3.76. The molecule has 0 bridgehead atoms. The number of halogens is 2. The molecule has 163 valence electrons. The largest absolute Gasteiger partial charge is 4.00 e. The van der Waals surface area contributed by atoms with Gasteiger partial charge in [-0.1, -0.05) is 38.2 Å². The first-order valence-corrected chi connectivity index (χ1v) is 10.3. The minimum absolute atomic E-state index is 0. The molecule has 0 fully saturated rings. The van der Waals surface area contributed by atoms with E-state index < -0.39 is 0 Å². The van der Waals surface area contributed by atoms with Crippen LogP contribution in [0, 0.1) is 12.2 Å². The number of hydrogen-bond acceptors (Lipinski definition) is 2. The molecule has 0 heterocycles. The summed E-state index contributed by atoms with van der Waals surface area (Å²) < 4.78 is 4.68. The van der Waals surface area contributed by atoms with E-state index in [0.29, 0.717) is 0 Å². The fourth-order valence-corrected chi connectivity index (χ4v) is 3.70. The summed E-state index contributed by atoms with van der Waals surface area (Å²) in [6, 6.07) is 0. The zero-order chi connectivity index (χ0) is 20.3. The minimum atomic E-state index is 0. The Morgan fingerprint density at radius 1 is 0.767 bits per heavy atom. The molecule has 2 aliphatic rings. The summed E-state index contributed by atoms with van der Waals surface area (Å²) in [5.74, 6) is 0. The van der Waals surface area contributed by atoms with Crippen molar-refractivity contribution in [3.05, 3.63) is 98.2 Å². The van der Waals surface area contributed by atoms with Crippen molar-refractivity contribution in [3.63, 3.8) is 0 Å². The van der Waals surface area contributed by atoms with Crippen molar-refractivity contribution in [2.24, 2.45) is 0 Å². The Labute approximate surface area is 215 Å². The molecule has 30 heavy (non-hydrogen) atoms. The van der Waals surface area contributed by atoms with Crippen LogP contribution in [0.3, 0.4) is 0 Å². The summed E-state index contributed by atoms with van der Waals surface area (Å²) in [5.41, 5.74) is 2.55. The van der Waals surface area contributed by atoms with Gasteiger partial charge >= 0.3 is 21.7 Å². The van der Waals surface area contributed by atoms with Crippen LogP contribution in [0.25, 0.3) is 0 Å². The molecule has 0 aromatic carbocycles. The molecule has 0 N–H and O–H groups in total. The van der Waals surface area contributed by atoms with E-state index in [1.165, 1.54) is 11.1 Å². The molecule has 0 aromatic rings. The number of hydrogen-bond donors (Lipinski definition) is 0. The van der Waals surface area contributed by atoms with E-state index in [0.717, 1.165) is 39.0 Å². The van der Waals surface area contributed by atoms with Crippen LogP contribution in [0.4, 0.5) is 0 Å². The third-order valence-electron chi connectivity index (χ3n) is 3.51. The van der Waals surface area contributed by atoms with Crippen LogP contribution < -0.4 is 24.8 Å². The van der Waals surface area contributed by atoms with Crippen molar-refractivity contribution < 1.29 is 46.5 Å². The van der Waals surface area contributed by atoms with E-state index in [2.05, 4.69) is 85.8 Å². The van der Waals surface area contributed by atoms with Crippen molar-refractivity contribution >= 4 is 9.84 Å². The second kappa shape index (κ2) is 26.4. The molecule has 0 saturated carbocycles. The average molecular weight is 498 g/mol. The van der Waals surface area contributed by atoms with Gasteiger partial charge in [0.15, 0.2) is 0 Å². The Hall–Kier alpha value is -0.649. The van der Waals surface area contributed by atoms with E-state index in [4.69, 9.17) is 0 Å². The fourth-order valence-electron chi connectivity index (χ4n) is 2.26. The summed E-state index contributed by atoms with van der Waals surface area (Å²) in [7, 11) is 0.100. The molecule has 2 nitrogen and oxygen atoms in total. The van der Waals surface area contributed by atoms with Gasteiger partial charge in [-0.2, -0.15) is 12.2 Å². The molecular formula is C24H35Cl2N2SiTi. The summed E-state index contributed by atoms with van der Waals surface area (Å²) in [4.78, 5) is 0. The Kier molecular flexibility index (Phi) is 32.3. The quantitative estimate of drug-likeness (QED) is 0.217. The molecule has 0 spiro atoms. The third kappa shape index (κ3) is 22.0. The second-order valence-corrected chi connectivity index (χ2v) is 7.80. The molecule has 0 amide bonds. The summed E-state index contributed by atoms with van der Waals surface area (Å²) in [5, 5.41) is 0. The average Bonchev–Trinajstić information content (AvgIpc) is 3.30. The van der Waals surface area contributed by atoms with Crippen LogP contribution >= 0.6 is 0 Å².